The molecule has 0 radical (unpaired) electrons. The Morgan fingerprint density at radius 3 is 2.67 bits per heavy atom. The second-order valence-corrected chi connectivity index (χ2v) is 4.84. The maximum absolute atomic E-state index is 6.12. The van der Waals surface area contributed by atoms with Crippen molar-refractivity contribution in [3.63, 3.8) is 0 Å². The lowest BCUT2D eigenvalue weighted by Crippen LogP contribution is -1.89. The first-order chi connectivity index (χ1) is 5.65. The van der Waals surface area contributed by atoms with E-state index in [1.807, 2.05) is 18.2 Å². The summed E-state index contributed by atoms with van der Waals surface area (Å²) in [5.41, 5.74) is 1.15. The van der Waals surface area contributed by atoms with E-state index in [4.69, 9.17) is 11.6 Å². The summed E-state index contributed by atoms with van der Waals surface area (Å²) in [5, 5.41) is 0.0943. The van der Waals surface area contributed by atoms with Gasteiger partial charge in [-0.2, -0.15) is 0 Å². The first kappa shape index (κ1) is 10.6. The van der Waals surface area contributed by atoms with Crippen molar-refractivity contribution in [2.24, 2.45) is 0 Å². The molecule has 0 fully saturated rings. The molecule has 12 heavy (non-hydrogen) atoms. The molecule has 0 saturated carbocycles. The zero-order valence-electron chi connectivity index (χ0n) is 6.65. The van der Waals surface area contributed by atoms with Gasteiger partial charge in [-0.3, -0.25) is 0 Å². The largest absolute Gasteiger partial charge is 0.118 e. The summed E-state index contributed by atoms with van der Waals surface area (Å²) in [6.45, 7) is 2.07. The van der Waals surface area contributed by atoms with Crippen molar-refractivity contribution in [2.75, 3.05) is 0 Å². The molecule has 1 rings (SSSR count). The fourth-order valence-electron chi connectivity index (χ4n) is 0.975. The van der Waals surface area contributed by atoms with Crippen LogP contribution < -0.4 is 0 Å². The normalized spacial score (nSPS) is 13.0. The molecule has 0 aliphatic heterocycles. The molecule has 1 atom stereocenters. The predicted molar refractivity (Wildman–Crippen MR) is 60.7 cm³/mol. The van der Waals surface area contributed by atoms with Gasteiger partial charge >= 0.3 is 0 Å². The highest BCUT2D eigenvalue weighted by molar-refractivity contribution is 9.11. The zero-order valence-corrected chi connectivity index (χ0v) is 10.6. The van der Waals surface area contributed by atoms with E-state index in [1.54, 1.807) is 0 Å². The lowest BCUT2D eigenvalue weighted by molar-refractivity contribution is 0.878. The zero-order chi connectivity index (χ0) is 9.14. The van der Waals surface area contributed by atoms with Gasteiger partial charge < -0.3 is 0 Å². The van der Waals surface area contributed by atoms with Crippen LogP contribution in [-0.2, 0) is 0 Å². The Morgan fingerprint density at radius 2 is 2.08 bits per heavy atom. The highest BCUT2D eigenvalue weighted by Gasteiger charge is 2.09. The van der Waals surface area contributed by atoms with Crippen LogP contribution in [0.25, 0.3) is 0 Å². The molecule has 0 aliphatic rings. The average molecular weight is 312 g/mol. The quantitative estimate of drug-likeness (QED) is 0.681. The SMILES string of the molecule is CCC(Cl)c1cc(Br)ccc1Br. The molecule has 0 saturated heterocycles. The minimum atomic E-state index is 0.0943. The van der Waals surface area contributed by atoms with Crippen LogP contribution in [0.5, 0.6) is 0 Å². The van der Waals surface area contributed by atoms with E-state index in [0.29, 0.717) is 0 Å². The van der Waals surface area contributed by atoms with Crippen molar-refractivity contribution < 1.29 is 0 Å². The Labute approximate surface area is 94.6 Å². The molecule has 1 aromatic rings. The van der Waals surface area contributed by atoms with Crippen LogP contribution in [-0.4, -0.2) is 0 Å². The average Bonchev–Trinajstić information content (AvgIpc) is 2.08. The fraction of sp³-hybridized carbons (Fsp3) is 0.333. The van der Waals surface area contributed by atoms with Crippen LogP contribution >= 0.6 is 43.5 Å². The van der Waals surface area contributed by atoms with Gasteiger partial charge in [0.2, 0.25) is 0 Å². The maximum atomic E-state index is 6.12. The lowest BCUT2D eigenvalue weighted by Gasteiger charge is -2.09. The van der Waals surface area contributed by atoms with Crippen molar-refractivity contribution in [1.82, 2.24) is 0 Å². The van der Waals surface area contributed by atoms with Gasteiger partial charge in [0.05, 0.1) is 5.38 Å². The van der Waals surface area contributed by atoms with Crippen molar-refractivity contribution in [2.45, 2.75) is 18.7 Å². The third kappa shape index (κ3) is 2.48. The molecule has 0 spiro atoms. The number of rotatable bonds is 2. The topological polar surface area (TPSA) is 0 Å². The van der Waals surface area contributed by atoms with Crippen molar-refractivity contribution in [3.8, 4) is 0 Å². The minimum absolute atomic E-state index is 0.0943. The summed E-state index contributed by atoms with van der Waals surface area (Å²) >= 11 is 13.0. The van der Waals surface area contributed by atoms with E-state index in [-0.39, 0.29) is 5.38 Å². The Morgan fingerprint density at radius 1 is 1.42 bits per heavy atom. The Balaban J connectivity index is 3.04. The fourth-order valence-corrected chi connectivity index (χ4v) is 2.19. The van der Waals surface area contributed by atoms with Gasteiger partial charge in [0.15, 0.2) is 0 Å². The third-order valence-electron chi connectivity index (χ3n) is 1.65. The summed E-state index contributed by atoms with van der Waals surface area (Å²) in [7, 11) is 0. The van der Waals surface area contributed by atoms with Crippen LogP contribution in [0.2, 0.25) is 0 Å². The molecule has 0 aliphatic carbocycles. The summed E-state index contributed by atoms with van der Waals surface area (Å²) in [6, 6.07) is 6.04. The van der Waals surface area contributed by atoms with Gasteiger partial charge in [-0.1, -0.05) is 38.8 Å². The van der Waals surface area contributed by atoms with E-state index in [9.17, 15) is 0 Å². The molecule has 0 bridgehead atoms. The minimum Gasteiger partial charge on any atom is -0.118 e. The third-order valence-corrected chi connectivity index (χ3v) is 3.41. The molecule has 1 unspecified atom stereocenters. The summed E-state index contributed by atoms with van der Waals surface area (Å²) < 4.78 is 2.15. The van der Waals surface area contributed by atoms with Crippen molar-refractivity contribution in [1.29, 1.82) is 0 Å². The van der Waals surface area contributed by atoms with E-state index >= 15 is 0 Å². The number of hydrogen-bond donors (Lipinski definition) is 0. The van der Waals surface area contributed by atoms with Crippen molar-refractivity contribution in [3.05, 3.63) is 32.7 Å². The molecule has 0 aromatic heterocycles. The highest BCUT2D eigenvalue weighted by atomic mass is 79.9. The van der Waals surface area contributed by atoms with E-state index in [1.165, 1.54) is 0 Å². The number of alkyl halides is 1. The molecular formula is C9H9Br2Cl. The van der Waals surface area contributed by atoms with Crippen LogP contribution in [0.3, 0.4) is 0 Å². The first-order valence-electron chi connectivity index (χ1n) is 3.74. The molecule has 3 heteroatoms. The summed E-state index contributed by atoms with van der Waals surface area (Å²) in [5.74, 6) is 0. The maximum Gasteiger partial charge on any atom is 0.0594 e. The molecule has 66 valence electrons. The number of halogens is 3. The second kappa shape index (κ2) is 4.64. The van der Waals surface area contributed by atoms with Gasteiger partial charge in [-0.25, -0.2) is 0 Å². The van der Waals surface area contributed by atoms with E-state index in [2.05, 4.69) is 38.8 Å². The van der Waals surface area contributed by atoms with Crippen LogP contribution in [0.4, 0.5) is 0 Å². The van der Waals surface area contributed by atoms with Crippen LogP contribution in [0.15, 0.2) is 27.1 Å². The molecule has 0 heterocycles. The number of hydrogen-bond acceptors (Lipinski definition) is 0. The van der Waals surface area contributed by atoms with Crippen molar-refractivity contribution >= 4 is 43.5 Å². The van der Waals surface area contributed by atoms with E-state index < -0.39 is 0 Å². The molecular weight excluding hydrogens is 303 g/mol. The first-order valence-corrected chi connectivity index (χ1v) is 5.76. The Hall–Kier alpha value is 0.470. The number of benzene rings is 1. The van der Waals surface area contributed by atoms with Crippen LogP contribution in [0, 0.1) is 0 Å². The van der Waals surface area contributed by atoms with Gasteiger partial charge in [0, 0.05) is 8.95 Å². The van der Waals surface area contributed by atoms with Gasteiger partial charge in [0.25, 0.3) is 0 Å². The predicted octanol–water partition coefficient (Wildman–Crippen LogP) is 4.90. The van der Waals surface area contributed by atoms with Gasteiger partial charge in [-0.05, 0) is 30.2 Å². The van der Waals surface area contributed by atoms with E-state index in [0.717, 1.165) is 20.9 Å². The van der Waals surface area contributed by atoms with Gasteiger partial charge in [0.1, 0.15) is 0 Å². The van der Waals surface area contributed by atoms with Crippen LogP contribution in [0.1, 0.15) is 24.3 Å². The monoisotopic (exact) mass is 310 g/mol. The highest BCUT2D eigenvalue weighted by Crippen LogP contribution is 2.32. The van der Waals surface area contributed by atoms with Gasteiger partial charge in [-0.15, -0.1) is 11.6 Å². The molecule has 0 nitrogen and oxygen atoms in total. The summed E-state index contributed by atoms with van der Waals surface area (Å²) in [6.07, 6.45) is 0.941. The molecule has 0 amide bonds. The second-order valence-electron chi connectivity index (χ2n) is 2.54. The molecule has 0 N–H and O–H groups in total. The lowest BCUT2D eigenvalue weighted by atomic mass is 10.1. The Kier molecular flexibility index (Phi) is 4.08. The molecule has 1 aromatic carbocycles. The standard InChI is InChI=1S/C9H9Br2Cl/c1-2-9(12)7-5-6(10)3-4-8(7)11/h3-5,9H,2H2,1H3. The Bertz CT molecular complexity index is 273. The summed E-state index contributed by atoms with van der Waals surface area (Å²) in [4.78, 5) is 0. The smallest absolute Gasteiger partial charge is 0.0594 e.